The smallest absolute Gasteiger partial charge is 0.372 e. The predicted octanol–water partition coefficient (Wildman–Crippen LogP) is 0.0344. The number of aliphatic carboxylic acids is 1. The average molecular weight is 585 g/mol. The Morgan fingerprint density at radius 2 is 1.39 bits per heavy atom. The number of carbonyl (C=O) groups is 7. The fourth-order valence-electron chi connectivity index (χ4n) is 4.21. The number of nitrogens with two attached hydrogens (primary N) is 2. The molecule has 0 saturated carbocycles. The summed E-state index contributed by atoms with van der Waals surface area (Å²) in [6.07, 6.45) is 1.48. The van der Waals surface area contributed by atoms with Gasteiger partial charge in [0.15, 0.2) is 11.6 Å². The van der Waals surface area contributed by atoms with Crippen LogP contribution in [0.1, 0.15) is 85.5 Å². The van der Waals surface area contributed by atoms with E-state index in [9.17, 15) is 38.7 Å². The number of Topliss-reactive ketones (excluding diaryl/α,β-unsaturated/α-hetero) is 4. The fourth-order valence-corrected chi connectivity index (χ4v) is 4.21. The molecule has 0 aliphatic heterocycles. The Morgan fingerprint density at radius 3 is 1.90 bits per heavy atom. The minimum absolute atomic E-state index is 0.0150. The third kappa shape index (κ3) is 14.4. The van der Waals surface area contributed by atoms with Gasteiger partial charge in [-0.15, -0.1) is 0 Å². The summed E-state index contributed by atoms with van der Waals surface area (Å²) in [6, 6.07) is -2.52. The standard InChI is InChI=1S/C28H48N4O9/c1-5-6-10-20(34)14-19(9-7-8-11-29)27(39)32-24(18(4)33)23(36)13-17(3)26(38)31-21(15-30)22(35)12-16(2)25(37)28(40)41/h16-19,21,24,33H,5-15,29-30H2,1-4H3,(H,31,38)(H,32,39)(H,40,41)/t16-,17-,18-,19-,21+,24+/m1/s1. The Hall–Kier alpha value is -3.03. The number of amides is 2. The first-order valence-corrected chi connectivity index (χ1v) is 14.2. The zero-order chi connectivity index (χ0) is 31.7. The quantitative estimate of drug-likeness (QED) is 0.0692. The maximum absolute atomic E-state index is 13.1. The van der Waals surface area contributed by atoms with Gasteiger partial charge in [-0.1, -0.05) is 33.6 Å². The van der Waals surface area contributed by atoms with E-state index in [1.807, 2.05) is 6.92 Å². The van der Waals surface area contributed by atoms with E-state index in [2.05, 4.69) is 10.6 Å². The molecule has 0 saturated heterocycles. The average Bonchev–Trinajstić information content (AvgIpc) is 2.91. The van der Waals surface area contributed by atoms with Gasteiger partial charge in [0.25, 0.3) is 0 Å². The lowest BCUT2D eigenvalue weighted by molar-refractivity contribution is -0.151. The summed E-state index contributed by atoms with van der Waals surface area (Å²) in [5.74, 6) is -8.14. The van der Waals surface area contributed by atoms with Crippen LogP contribution in [-0.4, -0.2) is 82.4 Å². The highest BCUT2D eigenvalue weighted by Crippen LogP contribution is 2.17. The van der Waals surface area contributed by atoms with Gasteiger partial charge < -0.3 is 32.3 Å². The minimum Gasteiger partial charge on any atom is -0.475 e. The van der Waals surface area contributed by atoms with Crippen molar-refractivity contribution in [2.45, 2.75) is 104 Å². The number of carboxylic acids is 1. The molecule has 0 radical (unpaired) electrons. The van der Waals surface area contributed by atoms with Crippen LogP contribution >= 0.6 is 0 Å². The first-order valence-electron chi connectivity index (χ1n) is 14.2. The van der Waals surface area contributed by atoms with Crippen molar-refractivity contribution < 1.29 is 43.8 Å². The molecule has 0 rings (SSSR count). The molecule has 234 valence electrons. The normalized spacial score (nSPS) is 15.5. The van der Waals surface area contributed by atoms with Crippen LogP contribution in [0.5, 0.6) is 0 Å². The van der Waals surface area contributed by atoms with Gasteiger partial charge in [-0.2, -0.15) is 0 Å². The Morgan fingerprint density at radius 1 is 0.780 bits per heavy atom. The van der Waals surface area contributed by atoms with Crippen molar-refractivity contribution in [3.63, 3.8) is 0 Å². The van der Waals surface area contributed by atoms with E-state index >= 15 is 0 Å². The summed E-state index contributed by atoms with van der Waals surface area (Å²) in [5, 5.41) is 24.0. The molecule has 41 heavy (non-hydrogen) atoms. The monoisotopic (exact) mass is 584 g/mol. The van der Waals surface area contributed by atoms with Crippen molar-refractivity contribution in [3.05, 3.63) is 0 Å². The number of hydrogen-bond acceptors (Lipinski definition) is 10. The number of rotatable bonds is 23. The van der Waals surface area contributed by atoms with Crippen LogP contribution in [0, 0.1) is 17.8 Å². The van der Waals surface area contributed by atoms with Crippen molar-refractivity contribution in [1.82, 2.24) is 10.6 Å². The highest BCUT2D eigenvalue weighted by molar-refractivity contribution is 6.33. The van der Waals surface area contributed by atoms with Crippen molar-refractivity contribution in [2.75, 3.05) is 13.1 Å². The van der Waals surface area contributed by atoms with E-state index in [-0.39, 0.29) is 25.2 Å². The van der Waals surface area contributed by atoms with Crippen molar-refractivity contribution in [1.29, 1.82) is 0 Å². The molecule has 0 unspecified atom stereocenters. The third-order valence-corrected chi connectivity index (χ3v) is 6.85. The van der Waals surface area contributed by atoms with Crippen LogP contribution in [0.4, 0.5) is 0 Å². The second kappa shape index (κ2) is 19.9. The zero-order valence-electron chi connectivity index (χ0n) is 24.6. The van der Waals surface area contributed by atoms with Gasteiger partial charge in [0.05, 0.1) is 12.1 Å². The fraction of sp³-hybridized carbons (Fsp3) is 0.750. The summed E-state index contributed by atoms with van der Waals surface area (Å²) in [4.78, 5) is 86.1. The number of hydrogen-bond donors (Lipinski definition) is 6. The van der Waals surface area contributed by atoms with E-state index < -0.39 is 77.5 Å². The highest BCUT2D eigenvalue weighted by atomic mass is 16.4. The topological polar surface area (TPSA) is 236 Å². The molecular formula is C28H48N4O9. The van der Waals surface area contributed by atoms with Crippen LogP contribution in [0.25, 0.3) is 0 Å². The lowest BCUT2D eigenvalue weighted by Crippen LogP contribution is -2.51. The SMILES string of the molecule is CCCCC(=O)C[C@@H](CCCCN)C(=O)N[C@H](C(=O)C[C@@H](C)C(=O)N[C@@H](CN)C(=O)C[C@@H](C)C(=O)C(=O)O)[C@@H](C)O. The number of unbranched alkanes of at least 4 members (excludes halogenated alkanes) is 2. The van der Waals surface area contributed by atoms with Gasteiger partial charge in [0.1, 0.15) is 11.8 Å². The summed E-state index contributed by atoms with van der Waals surface area (Å²) in [7, 11) is 0. The Bertz CT molecular complexity index is 922. The molecule has 0 aromatic rings. The van der Waals surface area contributed by atoms with Crippen molar-refractivity contribution in [3.8, 4) is 0 Å². The van der Waals surface area contributed by atoms with Crippen LogP contribution in [0.3, 0.4) is 0 Å². The first-order chi connectivity index (χ1) is 19.2. The van der Waals surface area contributed by atoms with Crippen LogP contribution in [0.15, 0.2) is 0 Å². The van der Waals surface area contributed by atoms with Gasteiger partial charge >= 0.3 is 5.97 Å². The lowest BCUT2D eigenvalue weighted by Gasteiger charge is -2.25. The molecule has 0 spiro atoms. The molecule has 0 heterocycles. The molecule has 13 heteroatoms. The van der Waals surface area contributed by atoms with Crippen molar-refractivity contribution >= 4 is 40.9 Å². The summed E-state index contributed by atoms with van der Waals surface area (Å²) in [6.45, 7) is 6.10. The lowest BCUT2D eigenvalue weighted by atomic mass is 9.91. The molecule has 6 atom stereocenters. The summed E-state index contributed by atoms with van der Waals surface area (Å²) in [5.41, 5.74) is 11.1. The molecule has 0 aromatic heterocycles. The molecule has 13 nitrogen and oxygen atoms in total. The number of aliphatic hydroxyl groups is 1. The summed E-state index contributed by atoms with van der Waals surface area (Å²) < 4.78 is 0. The van der Waals surface area contributed by atoms with Crippen LogP contribution in [0.2, 0.25) is 0 Å². The number of ketones is 4. The van der Waals surface area contributed by atoms with E-state index in [1.54, 1.807) is 0 Å². The largest absolute Gasteiger partial charge is 0.475 e. The maximum atomic E-state index is 13.1. The van der Waals surface area contributed by atoms with Crippen molar-refractivity contribution in [2.24, 2.45) is 29.2 Å². The second-order valence-electron chi connectivity index (χ2n) is 10.7. The summed E-state index contributed by atoms with van der Waals surface area (Å²) >= 11 is 0. The third-order valence-electron chi connectivity index (χ3n) is 6.85. The highest BCUT2D eigenvalue weighted by Gasteiger charge is 2.33. The second-order valence-corrected chi connectivity index (χ2v) is 10.7. The van der Waals surface area contributed by atoms with E-state index in [1.165, 1.54) is 20.8 Å². The van der Waals surface area contributed by atoms with Crippen LogP contribution < -0.4 is 22.1 Å². The van der Waals surface area contributed by atoms with E-state index in [0.29, 0.717) is 38.6 Å². The molecule has 0 aliphatic rings. The van der Waals surface area contributed by atoms with Gasteiger partial charge in [-0.25, -0.2) is 4.79 Å². The van der Waals surface area contributed by atoms with Gasteiger partial charge in [0, 0.05) is 50.0 Å². The number of carboxylic acid groups (broad SMARTS) is 1. The Balaban J connectivity index is 5.34. The molecule has 0 bridgehead atoms. The van der Waals surface area contributed by atoms with Crippen LogP contribution in [-0.2, 0) is 33.6 Å². The predicted molar refractivity (Wildman–Crippen MR) is 150 cm³/mol. The molecule has 8 N–H and O–H groups in total. The zero-order valence-corrected chi connectivity index (χ0v) is 24.6. The number of nitrogens with one attached hydrogen (secondary N) is 2. The Labute approximate surface area is 241 Å². The number of aliphatic hydroxyl groups excluding tert-OH is 1. The van der Waals surface area contributed by atoms with E-state index in [4.69, 9.17) is 16.6 Å². The molecule has 0 fully saturated rings. The maximum Gasteiger partial charge on any atom is 0.372 e. The van der Waals surface area contributed by atoms with E-state index in [0.717, 1.165) is 6.42 Å². The molecular weight excluding hydrogens is 536 g/mol. The van der Waals surface area contributed by atoms with Gasteiger partial charge in [-0.05, 0) is 32.7 Å². The Kier molecular flexibility index (Phi) is 18.5. The van der Waals surface area contributed by atoms with Gasteiger partial charge in [0.2, 0.25) is 17.6 Å². The molecule has 0 aliphatic carbocycles. The first kappa shape index (κ1) is 38.0. The molecule has 2 amide bonds. The minimum atomic E-state index is -1.67. The van der Waals surface area contributed by atoms with Gasteiger partial charge in [-0.3, -0.25) is 28.8 Å². The number of carbonyl (C=O) groups excluding carboxylic acids is 6. The molecule has 0 aromatic carbocycles.